The van der Waals surface area contributed by atoms with Gasteiger partial charge < -0.3 is 4.90 Å². The number of hydrogen-bond donors (Lipinski definition) is 0. The molecule has 0 unspecified atom stereocenters. The molecule has 0 bridgehead atoms. The largest absolute Gasteiger partial charge is 0.312 e. The Bertz CT molecular complexity index is 1250. The Morgan fingerprint density at radius 2 is 2.09 bits per heavy atom. The van der Waals surface area contributed by atoms with E-state index < -0.39 is 0 Å². The highest BCUT2D eigenvalue weighted by Gasteiger charge is 2.19. The predicted molar refractivity (Wildman–Crippen MR) is 144 cm³/mol. The third kappa shape index (κ3) is 5.83. The van der Waals surface area contributed by atoms with Crippen LogP contribution in [0.3, 0.4) is 0 Å². The number of hydrogen-bond acceptors (Lipinski definition) is 5. The van der Waals surface area contributed by atoms with Crippen LogP contribution in [0.2, 0.25) is 0 Å². The van der Waals surface area contributed by atoms with Gasteiger partial charge in [-0.15, -0.1) is 0 Å². The Labute approximate surface area is 209 Å². The molecule has 0 N–H and O–H groups in total. The van der Waals surface area contributed by atoms with Gasteiger partial charge in [0.1, 0.15) is 0 Å². The van der Waals surface area contributed by atoms with Crippen LogP contribution < -0.4 is 5.56 Å². The third-order valence-electron chi connectivity index (χ3n) is 5.71. The van der Waals surface area contributed by atoms with E-state index in [1.165, 1.54) is 31.8 Å². The van der Waals surface area contributed by atoms with Crippen molar-refractivity contribution in [3.63, 3.8) is 0 Å². The fourth-order valence-electron chi connectivity index (χ4n) is 3.69. The van der Waals surface area contributed by atoms with Crippen molar-refractivity contribution < 1.29 is 4.79 Å². The summed E-state index contributed by atoms with van der Waals surface area (Å²) < 4.78 is 1.45. The minimum atomic E-state index is -0.123. The van der Waals surface area contributed by atoms with E-state index in [0.717, 1.165) is 39.6 Å². The lowest BCUT2D eigenvalue weighted by Gasteiger charge is -2.23. The molecule has 7 heteroatoms. The monoisotopic (exact) mass is 493 g/mol. The number of benzene rings is 1. The zero-order valence-electron chi connectivity index (χ0n) is 20.4. The van der Waals surface area contributed by atoms with Crippen molar-refractivity contribution in [2.24, 2.45) is 0 Å². The van der Waals surface area contributed by atoms with E-state index in [0.29, 0.717) is 17.6 Å². The number of carbonyl (C=O) groups excluding carboxylic acids is 1. The van der Waals surface area contributed by atoms with Crippen molar-refractivity contribution in [3.05, 3.63) is 98.5 Å². The summed E-state index contributed by atoms with van der Waals surface area (Å²) >= 11 is 0. The molecular weight excluding hydrogens is 462 g/mol. The van der Waals surface area contributed by atoms with Gasteiger partial charge in [0.25, 0.3) is 11.5 Å². The molecule has 1 amide bonds. The molecule has 0 atom stereocenters. The van der Waals surface area contributed by atoms with Gasteiger partial charge in [0.05, 0.1) is 11.9 Å². The zero-order valence-corrected chi connectivity index (χ0v) is 22.1. The fraction of sp³-hybridized carbons (Fsp3) is 0.296. The van der Waals surface area contributed by atoms with E-state index in [2.05, 4.69) is 30.8 Å². The summed E-state index contributed by atoms with van der Waals surface area (Å²) in [6.45, 7) is 11.8. The normalized spacial score (nSPS) is 14.1. The van der Waals surface area contributed by atoms with Gasteiger partial charge in [-0.25, -0.2) is 0 Å². The van der Waals surface area contributed by atoms with Gasteiger partial charge in [0.2, 0.25) is 0 Å². The summed E-state index contributed by atoms with van der Waals surface area (Å²) in [6, 6.07) is 7.73. The van der Waals surface area contributed by atoms with Crippen molar-refractivity contribution in [1.82, 2.24) is 14.7 Å². The highest BCUT2D eigenvalue weighted by molar-refractivity contribution is 8.78. The van der Waals surface area contributed by atoms with E-state index in [9.17, 15) is 9.59 Å². The van der Waals surface area contributed by atoms with Crippen molar-refractivity contribution >= 4 is 27.5 Å². The van der Waals surface area contributed by atoms with Crippen LogP contribution in [0.15, 0.2) is 86.7 Å². The quantitative estimate of drug-likeness (QED) is 0.242. The lowest BCUT2D eigenvalue weighted by Crippen LogP contribution is -2.27. The van der Waals surface area contributed by atoms with Crippen LogP contribution in [-0.2, 0) is 11.2 Å². The average molecular weight is 494 g/mol. The van der Waals surface area contributed by atoms with Crippen LogP contribution in [0.1, 0.15) is 44.7 Å². The molecule has 0 radical (unpaired) electrons. The van der Waals surface area contributed by atoms with Gasteiger partial charge in [-0.3, -0.25) is 9.59 Å². The van der Waals surface area contributed by atoms with Crippen LogP contribution in [0, 0.1) is 6.92 Å². The summed E-state index contributed by atoms with van der Waals surface area (Å²) in [4.78, 5) is 29.5. The van der Waals surface area contributed by atoms with Crippen molar-refractivity contribution in [1.29, 1.82) is 0 Å². The van der Waals surface area contributed by atoms with Crippen LogP contribution in [-0.4, -0.2) is 27.6 Å². The zero-order chi connectivity index (χ0) is 24.8. The number of carbonyl (C=O) groups is 1. The highest BCUT2D eigenvalue weighted by atomic mass is 33.1. The first-order chi connectivity index (χ1) is 16.3. The molecule has 0 saturated carbocycles. The van der Waals surface area contributed by atoms with E-state index in [-0.39, 0.29) is 11.5 Å². The van der Waals surface area contributed by atoms with Crippen LogP contribution in [0.4, 0.5) is 0 Å². The molecule has 0 spiro atoms. The van der Waals surface area contributed by atoms with Gasteiger partial charge in [-0.1, -0.05) is 64.9 Å². The van der Waals surface area contributed by atoms with Crippen LogP contribution >= 0.6 is 21.6 Å². The topological polar surface area (TPSA) is 55.2 Å². The van der Waals surface area contributed by atoms with E-state index in [1.54, 1.807) is 24.2 Å². The lowest BCUT2D eigenvalue weighted by molar-refractivity contribution is -0.124. The predicted octanol–water partition coefficient (Wildman–Crippen LogP) is 6.39. The second-order valence-electron chi connectivity index (χ2n) is 8.28. The lowest BCUT2D eigenvalue weighted by atomic mass is 10.0. The molecular formula is C27H31N3O2S2. The molecule has 34 heavy (non-hydrogen) atoms. The summed E-state index contributed by atoms with van der Waals surface area (Å²) in [5, 5.41) is 4.42. The summed E-state index contributed by atoms with van der Waals surface area (Å²) in [7, 11) is 4.66. The second-order valence-corrected chi connectivity index (χ2v) is 10.5. The molecule has 1 heterocycles. The minimum absolute atomic E-state index is 0.0658. The summed E-state index contributed by atoms with van der Waals surface area (Å²) in [5.74, 6) is -0.0658. The number of rotatable bonds is 8. The Hall–Kier alpha value is -2.77. The van der Waals surface area contributed by atoms with Gasteiger partial charge in [-0.2, -0.15) is 9.78 Å². The number of aryl methyl sites for hydroxylation is 1. The Balaban J connectivity index is 1.83. The maximum atomic E-state index is 13.2. The van der Waals surface area contributed by atoms with E-state index in [4.69, 9.17) is 0 Å². The molecule has 3 rings (SSSR count). The second kappa shape index (κ2) is 11.6. The SMILES string of the molecule is C=C/C(SSc1cnn(-c2cccc(C)c2)c(=O)c1CC)=C(/C)C(=O)N(C)C1=CCCC(C)=C1. The molecule has 5 nitrogen and oxygen atoms in total. The Morgan fingerprint density at radius 1 is 1.32 bits per heavy atom. The van der Waals surface area contributed by atoms with Crippen molar-refractivity contribution in [3.8, 4) is 5.69 Å². The standard InChI is InChI=1S/C27H31N3O2S2/c1-7-23-25(17-28-30(27(23)32)22-14-10-12-19(4)16-22)34-33-24(8-2)20(5)26(31)29(6)21-13-9-11-18(3)15-21/h8,10,12-17H,2,7,9,11H2,1,3-6H3/b24-20+. The molecule has 0 fully saturated rings. The number of nitrogens with zero attached hydrogens (tertiary/aromatic N) is 3. The maximum absolute atomic E-state index is 13.2. The third-order valence-corrected chi connectivity index (χ3v) is 8.31. The molecule has 178 valence electrons. The minimum Gasteiger partial charge on any atom is -0.312 e. The first kappa shape index (κ1) is 25.8. The smallest absolute Gasteiger partial charge is 0.275 e. The van der Waals surface area contributed by atoms with E-state index >= 15 is 0 Å². The highest BCUT2D eigenvalue weighted by Crippen LogP contribution is 2.40. The van der Waals surface area contributed by atoms with E-state index in [1.807, 2.05) is 45.0 Å². The van der Waals surface area contributed by atoms with Gasteiger partial charge in [-0.05, 0) is 63.8 Å². The molecule has 1 aromatic carbocycles. The number of aromatic nitrogens is 2. The van der Waals surface area contributed by atoms with Crippen molar-refractivity contribution in [2.75, 3.05) is 7.05 Å². The molecule has 1 aliphatic carbocycles. The molecule has 1 aromatic heterocycles. The number of likely N-dealkylation sites (N-methyl/N-ethyl adjacent to an activating group) is 1. The number of amides is 1. The van der Waals surface area contributed by atoms with Crippen LogP contribution in [0.5, 0.6) is 0 Å². The van der Waals surface area contributed by atoms with Crippen molar-refractivity contribution in [2.45, 2.75) is 51.9 Å². The van der Waals surface area contributed by atoms with Gasteiger partial charge in [0, 0.05) is 33.7 Å². The van der Waals surface area contributed by atoms with Gasteiger partial charge in [0.15, 0.2) is 0 Å². The van der Waals surface area contributed by atoms with Crippen LogP contribution in [0.25, 0.3) is 5.69 Å². The average Bonchev–Trinajstić information content (AvgIpc) is 2.83. The molecule has 1 aliphatic rings. The number of allylic oxidation sites excluding steroid dienone is 4. The summed E-state index contributed by atoms with van der Waals surface area (Å²) in [5.41, 5.74) is 5.21. The maximum Gasteiger partial charge on any atom is 0.275 e. The first-order valence-electron chi connectivity index (χ1n) is 11.3. The Morgan fingerprint density at radius 3 is 2.74 bits per heavy atom. The molecule has 0 saturated heterocycles. The first-order valence-corrected chi connectivity index (χ1v) is 13.4. The summed E-state index contributed by atoms with van der Waals surface area (Å²) in [6.07, 6.45) is 10.1. The molecule has 2 aromatic rings. The molecule has 0 aliphatic heterocycles. The Kier molecular flexibility index (Phi) is 8.80. The van der Waals surface area contributed by atoms with Gasteiger partial charge >= 0.3 is 0 Å². The fourth-order valence-corrected chi connectivity index (χ4v) is 6.12.